The number of methoxy groups -OCH3 is 1. The van der Waals surface area contributed by atoms with E-state index >= 15 is 0 Å². The van der Waals surface area contributed by atoms with E-state index in [4.69, 9.17) is 9.47 Å². The van der Waals surface area contributed by atoms with Gasteiger partial charge in [-0.15, -0.1) is 0 Å². The molecule has 3 heterocycles. The molecule has 0 saturated heterocycles. The maximum Gasteiger partial charge on any atom is 0.425 e. The van der Waals surface area contributed by atoms with Crippen LogP contribution in [0.25, 0.3) is 5.82 Å². The van der Waals surface area contributed by atoms with E-state index in [1.54, 1.807) is 6.20 Å². The third-order valence-electron chi connectivity index (χ3n) is 5.24. The Morgan fingerprint density at radius 2 is 2.00 bits per heavy atom. The molecule has 1 aromatic carbocycles. The minimum Gasteiger partial charge on any atom is -0.494 e. The van der Waals surface area contributed by atoms with E-state index in [0.29, 0.717) is 17.1 Å². The van der Waals surface area contributed by atoms with Crippen molar-refractivity contribution in [3.05, 3.63) is 64.9 Å². The highest BCUT2D eigenvalue weighted by Gasteiger charge is 2.40. The Hall–Kier alpha value is -4.14. The van der Waals surface area contributed by atoms with Gasteiger partial charge in [0.1, 0.15) is 23.2 Å². The van der Waals surface area contributed by atoms with Crippen molar-refractivity contribution >= 4 is 5.91 Å². The zero-order chi connectivity index (χ0) is 24.6. The van der Waals surface area contributed by atoms with Crippen LogP contribution in [0.4, 0.5) is 17.6 Å². The summed E-state index contributed by atoms with van der Waals surface area (Å²) in [7, 11) is 1.21. The molecule has 0 N–H and O–H groups in total. The number of hydrogen-bond acceptors (Lipinski definition) is 6. The van der Waals surface area contributed by atoms with E-state index < -0.39 is 24.0 Å². The summed E-state index contributed by atoms with van der Waals surface area (Å²) < 4.78 is 64.1. The minimum absolute atomic E-state index is 0.0256. The minimum atomic E-state index is -4.66. The van der Waals surface area contributed by atoms with Crippen LogP contribution in [0.5, 0.6) is 11.5 Å². The van der Waals surface area contributed by atoms with Crippen LogP contribution in [0.15, 0.2) is 36.7 Å². The van der Waals surface area contributed by atoms with Gasteiger partial charge in [-0.05, 0) is 31.2 Å². The van der Waals surface area contributed by atoms with Gasteiger partial charge in [0.2, 0.25) is 0 Å². The van der Waals surface area contributed by atoms with Gasteiger partial charge >= 0.3 is 6.18 Å². The highest BCUT2D eigenvalue weighted by molar-refractivity contribution is 6.00. The third-order valence-corrected chi connectivity index (χ3v) is 5.24. The van der Waals surface area contributed by atoms with Crippen molar-refractivity contribution in [3.8, 4) is 23.4 Å². The molecule has 8 nitrogen and oxygen atoms in total. The Labute approximate surface area is 190 Å². The van der Waals surface area contributed by atoms with Crippen LogP contribution in [0, 0.1) is 17.1 Å². The predicted molar refractivity (Wildman–Crippen MR) is 109 cm³/mol. The van der Waals surface area contributed by atoms with Crippen molar-refractivity contribution < 1.29 is 31.8 Å². The average Bonchev–Trinajstić information content (AvgIpc) is 3.37. The van der Waals surface area contributed by atoms with Crippen LogP contribution >= 0.6 is 0 Å². The standard InChI is InChI=1S/C22H17F4N5O3/c1-12(22(24,25)26)34-17-5-3-13(7-27)20(33-2)19(17)21(32)30-9-14-10-31(29-16(14)11-30)18-6-4-15(23)8-28-18/h3-6,8,10,12H,9,11H2,1-2H3/t12-/m0/s1. The summed E-state index contributed by atoms with van der Waals surface area (Å²) >= 11 is 0. The molecule has 2 aromatic heterocycles. The zero-order valence-corrected chi connectivity index (χ0v) is 17.9. The number of alkyl halides is 3. The Kier molecular flexibility index (Phi) is 5.87. The van der Waals surface area contributed by atoms with Crippen LogP contribution in [0.1, 0.15) is 34.1 Å². The Bertz CT molecular complexity index is 1260. The predicted octanol–water partition coefficient (Wildman–Crippen LogP) is 3.77. The molecule has 0 saturated carbocycles. The largest absolute Gasteiger partial charge is 0.494 e. The Morgan fingerprint density at radius 3 is 2.59 bits per heavy atom. The molecule has 176 valence electrons. The summed E-state index contributed by atoms with van der Waals surface area (Å²) in [5.41, 5.74) is 0.917. The lowest BCUT2D eigenvalue weighted by Crippen LogP contribution is -2.33. The summed E-state index contributed by atoms with van der Waals surface area (Å²) in [5.74, 6) is -1.32. The van der Waals surface area contributed by atoms with Crippen molar-refractivity contribution in [2.45, 2.75) is 32.3 Å². The summed E-state index contributed by atoms with van der Waals surface area (Å²) in [6, 6.07) is 6.92. The molecule has 0 radical (unpaired) electrons. The van der Waals surface area contributed by atoms with Gasteiger partial charge in [0.25, 0.3) is 5.91 Å². The normalized spacial score (nSPS) is 13.9. The second-order valence-corrected chi connectivity index (χ2v) is 7.47. The van der Waals surface area contributed by atoms with Gasteiger partial charge in [-0.1, -0.05) is 0 Å². The fourth-order valence-corrected chi connectivity index (χ4v) is 3.50. The molecule has 1 amide bonds. The first-order chi connectivity index (χ1) is 16.1. The number of carbonyl (C=O) groups excluding carboxylic acids is 1. The first-order valence-electron chi connectivity index (χ1n) is 9.95. The van der Waals surface area contributed by atoms with Crippen LogP contribution < -0.4 is 9.47 Å². The van der Waals surface area contributed by atoms with Gasteiger partial charge in [0.05, 0.1) is 31.1 Å². The lowest BCUT2D eigenvalue weighted by atomic mass is 10.1. The number of hydrogen-bond donors (Lipinski definition) is 0. The number of halogens is 4. The Balaban J connectivity index is 1.64. The van der Waals surface area contributed by atoms with Crippen molar-refractivity contribution in [1.29, 1.82) is 5.26 Å². The number of rotatable bonds is 5. The van der Waals surface area contributed by atoms with Gasteiger partial charge < -0.3 is 14.4 Å². The molecule has 0 spiro atoms. The summed E-state index contributed by atoms with van der Waals surface area (Å²) in [6.45, 7) is 0.969. The van der Waals surface area contributed by atoms with Gasteiger partial charge in [0, 0.05) is 18.3 Å². The van der Waals surface area contributed by atoms with Crippen LogP contribution in [-0.4, -0.2) is 45.0 Å². The second kappa shape index (κ2) is 8.66. The topological polar surface area (TPSA) is 93.3 Å². The monoisotopic (exact) mass is 475 g/mol. The third kappa shape index (κ3) is 4.24. The van der Waals surface area contributed by atoms with Crippen molar-refractivity contribution in [2.24, 2.45) is 0 Å². The van der Waals surface area contributed by atoms with Crippen molar-refractivity contribution in [1.82, 2.24) is 19.7 Å². The fourth-order valence-electron chi connectivity index (χ4n) is 3.50. The number of ether oxygens (including phenoxy) is 2. The molecule has 0 fully saturated rings. The number of pyridine rings is 1. The van der Waals surface area contributed by atoms with E-state index in [1.165, 1.54) is 34.9 Å². The number of nitriles is 1. The molecular formula is C22H17F4N5O3. The highest BCUT2D eigenvalue weighted by atomic mass is 19.4. The van der Waals surface area contributed by atoms with Gasteiger partial charge in [-0.3, -0.25) is 4.79 Å². The quantitative estimate of drug-likeness (QED) is 0.522. The molecule has 0 aliphatic carbocycles. The summed E-state index contributed by atoms with van der Waals surface area (Å²) in [6.07, 6.45) is -4.17. The van der Waals surface area contributed by atoms with Crippen LogP contribution in [0.3, 0.4) is 0 Å². The van der Waals surface area contributed by atoms with Gasteiger partial charge in [0.15, 0.2) is 17.7 Å². The summed E-state index contributed by atoms with van der Waals surface area (Å²) in [5, 5.41) is 13.7. The molecular weight excluding hydrogens is 458 g/mol. The molecule has 3 aromatic rings. The fraction of sp³-hybridized carbons (Fsp3) is 0.273. The smallest absolute Gasteiger partial charge is 0.425 e. The summed E-state index contributed by atoms with van der Waals surface area (Å²) in [4.78, 5) is 18.7. The lowest BCUT2D eigenvalue weighted by molar-refractivity contribution is -0.189. The van der Waals surface area contributed by atoms with Crippen LogP contribution in [0.2, 0.25) is 0 Å². The number of carbonyl (C=O) groups is 1. The molecule has 1 aliphatic heterocycles. The van der Waals surface area contributed by atoms with E-state index in [9.17, 15) is 27.6 Å². The van der Waals surface area contributed by atoms with Crippen LogP contribution in [-0.2, 0) is 13.1 Å². The number of aromatic nitrogens is 3. The van der Waals surface area contributed by atoms with E-state index in [2.05, 4.69) is 10.1 Å². The molecule has 12 heteroatoms. The van der Waals surface area contributed by atoms with E-state index in [-0.39, 0.29) is 35.7 Å². The highest BCUT2D eigenvalue weighted by Crippen LogP contribution is 2.37. The average molecular weight is 475 g/mol. The lowest BCUT2D eigenvalue weighted by Gasteiger charge is -2.23. The molecule has 1 aliphatic rings. The number of nitrogens with zero attached hydrogens (tertiary/aromatic N) is 5. The number of amides is 1. The zero-order valence-electron chi connectivity index (χ0n) is 17.9. The maximum absolute atomic E-state index is 13.4. The molecule has 4 rings (SSSR count). The van der Waals surface area contributed by atoms with E-state index in [0.717, 1.165) is 19.2 Å². The number of fused-ring (bicyclic) bond motifs is 1. The van der Waals surface area contributed by atoms with Crippen molar-refractivity contribution in [2.75, 3.05) is 7.11 Å². The molecule has 34 heavy (non-hydrogen) atoms. The van der Waals surface area contributed by atoms with Crippen molar-refractivity contribution in [3.63, 3.8) is 0 Å². The molecule has 0 unspecified atom stereocenters. The second-order valence-electron chi connectivity index (χ2n) is 7.47. The SMILES string of the molecule is COc1c(C#N)ccc(O[C@@H](C)C(F)(F)F)c1C(=O)N1Cc2cn(-c3ccc(F)cn3)nc2C1. The van der Waals surface area contributed by atoms with Gasteiger partial charge in [-0.25, -0.2) is 14.1 Å². The molecule has 0 bridgehead atoms. The molecule has 1 atom stereocenters. The number of benzene rings is 1. The van der Waals surface area contributed by atoms with Gasteiger partial charge in [-0.2, -0.15) is 23.5 Å². The van der Waals surface area contributed by atoms with E-state index in [1.807, 2.05) is 6.07 Å². The Morgan fingerprint density at radius 1 is 1.24 bits per heavy atom. The maximum atomic E-state index is 13.4. The first-order valence-corrected chi connectivity index (χ1v) is 9.95. The first kappa shape index (κ1) is 23.0.